The molecule has 0 aliphatic carbocycles. The normalized spacial score (nSPS) is 13.6. The highest BCUT2D eigenvalue weighted by molar-refractivity contribution is 6.31. The Morgan fingerprint density at radius 2 is 1.90 bits per heavy atom. The lowest BCUT2D eigenvalue weighted by atomic mass is 9.93. The number of carbonyl (C=O) groups excluding carboxylic acids is 1. The third-order valence-corrected chi connectivity index (χ3v) is 5.40. The number of anilines is 2. The molecule has 0 atom stereocenters. The molecule has 160 valence electrons. The molecule has 0 fully saturated rings. The smallest absolute Gasteiger partial charge is 0.228 e. The average Bonchev–Trinajstić information content (AvgIpc) is 2.75. The molecule has 0 spiro atoms. The summed E-state index contributed by atoms with van der Waals surface area (Å²) >= 11 is 5.96. The van der Waals surface area contributed by atoms with Gasteiger partial charge in [0.2, 0.25) is 5.91 Å². The van der Waals surface area contributed by atoms with Gasteiger partial charge in [-0.15, -0.1) is 0 Å². The molecule has 2 aromatic heterocycles. The Bertz CT molecular complexity index is 1130. The number of benzene rings is 1. The highest BCUT2D eigenvalue weighted by atomic mass is 35.5. The first-order chi connectivity index (χ1) is 14.7. The van der Waals surface area contributed by atoms with Crippen LogP contribution in [0.25, 0.3) is 11.4 Å². The van der Waals surface area contributed by atoms with Crippen molar-refractivity contribution in [2.45, 2.75) is 33.7 Å². The number of rotatable bonds is 3. The van der Waals surface area contributed by atoms with Crippen LogP contribution in [-0.2, 0) is 17.8 Å². The van der Waals surface area contributed by atoms with Crippen molar-refractivity contribution in [3.05, 3.63) is 64.8 Å². The predicted molar refractivity (Wildman–Crippen MR) is 119 cm³/mol. The fraction of sp³-hybridized carbons (Fsp3) is 0.304. The van der Waals surface area contributed by atoms with Crippen LogP contribution in [0.5, 0.6) is 0 Å². The molecule has 6 nitrogen and oxygen atoms in total. The predicted octanol–water partition coefficient (Wildman–Crippen LogP) is 5.01. The summed E-state index contributed by atoms with van der Waals surface area (Å²) in [6, 6.07) is 8.11. The van der Waals surface area contributed by atoms with E-state index in [1.807, 2.05) is 37.8 Å². The zero-order valence-corrected chi connectivity index (χ0v) is 18.4. The van der Waals surface area contributed by atoms with E-state index in [1.165, 1.54) is 12.1 Å². The molecule has 1 amide bonds. The number of carbonyl (C=O) groups is 1. The Balaban J connectivity index is 1.77. The number of aromatic nitrogens is 3. The van der Waals surface area contributed by atoms with Gasteiger partial charge in [0.05, 0.1) is 17.3 Å². The van der Waals surface area contributed by atoms with Gasteiger partial charge in [0, 0.05) is 47.6 Å². The topological polar surface area (TPSA) is 71.0 Å². The van der Waals surface area contributed by atoms with E-state index in [0.717, 1.165) is 16.8 Å². The lowest BCUT2D eigenvalue weighted by Crippen LogP contribution is -2.42. The molecule has 0 radical (unpaired) electrons. The minimum absolute atomic E-state index is 0.0202. The standard InChI is InChI=1S/C23H23ClFN5O/c1-23(2,3)22(31)30-11-8-19-16(13-30)21(27-15-4-5-18(25)17(24)12-15)29-20(28-19)14-6-9-26-10-7-14/h4-7,9-10,12H,8,11,13H2,1-3H3,(H,27,28,29). The lowest BCUT2D eigenvalue weighted by Gasteiger charge is -2.34. The fourth-order valence-corrected chi connectivity index (χ4v) is 3.69. The number of hydrogen-bond donors (Lipinski definition) is 1. The summed E-state index contributed by atoms with van der Waals surface area (Å²) in [5, 5.41) is 3.27. The van der Waals surface area contributed by atoms with Crippen LogP contribution in [0.15, 0.2) is 42.7 Å². The first-order valence-electron chi connectivity index (χ1n) is 10.0. The first kappa shape index (κ1) is 21.2. The van der Waals surface area contributed by atoms with Gasteiger partial charge in [-0.25, -0.2) is 14.4 Å². The van der Waals surface area contributed by atoms with Gasteiger partial charge >= 0.3 is 0 Å². The van der Waals surface area contributed by atoms with E-state index in [4.69, 9.17) is 21.6 Å². The summed E-state index contributed by atoms with van der Waals surface area (Å²) in [5.74, 6) is 0.724. The summed E-state index contributed by atoms with van der Waals surface area (Å²) in [7, 11) is 0. The number of hydrogen-bond acceptors (Lipinski definition) is 5. The first-order valence-corrected chi connectivity index (χ1v) is 10.4. The second-order valence-corrected chi connectivity index (χ2v) is 8.94. The molecule has 3 aromatic rings. The molecule has 1 aliphatic rings. The van der Waals surface area contributed by atoms with E-state index < -0.39 is 11.2 Å². The van der Waals surface area contributed by atoms with Crippen molar-refractivity contribution in [3.8, 4) is 11.4 Å². The maximum absolute atomic E-state index is 13.6. The zero-order valence-electron chi connectivity index (χ0n) is 17.6. The highest BCUT2D eigenvalue weighted by Crippen LogP contribution is 2.32. The van der Waals surface area contributed by atoms with Gasteiger partial charge in [0.1, 0.15) is 11.6 Å². The molecule has 0 unspecified atom stereocenters. The van der Waals surface area contributed by atoms with E-state index in [-0.39, 0.29) is 10.9 Å². The third-order valence-electron chi connectivity index (χ3n) is 5.11. The summed E-state index contributed by atoms with van der Waals surface area (Å²) in [4.78, 5) is 28.3. The number of amides is 1. The quantitative estimate of drug-likeness (QED) is 0.621. The molecule has 31 heavy (non-hydrogen) atoms. The van der Waals surface area contributed by atoms with E-state index in [0.29, 0.717) is 36.8 Å². The van der Waals surface area contributed by atoms with E-state index in [1.54, 1.807) is 18.5 Å². The van der Waals surface area contributed by atoms with Gasteiger partial charge in [0.25, 0.3) is 0 Å². The van der Waals surface area contributed by atoms with Gasteiger partial charge in [-0.1, -0.05) is 32.4 Å². The number of halogens is 2. The van der Waals surface area contributed by atoms with Crippen LogP contribution in [0, 0.1) is 11.2 Å². The lowest BCUT2D eigenvalue weighted by molar-refractivity contribution is -0.140. The van der Waals surface area contributed by atoms with Gasteiger partial charge in [-0.2, -0.15) is 0 Å². The zero-order chi connectivity index (χ0) is 22.2. The summed E-state index contributed by atoms with van der Waals surface area (Å²) in [5.41, 5.74) is 2.70. The molecule has 1 aromatic carbocycles. The van der Waals surface area contributed by atoms with Crippen LogP contribution in [0.2, 0.25) is 5.02 Å². The molecule has 0 saturated heterocycles. The molecule has 3 heterocycles. The Morgan fingerprint density at radius 3 is 2.58 bits per heavy atom. The number of pyridine rings is 1. The molecule has 4 rings (SSSR count). The number of nitrogens with one attached hydrogen (secondary N) is 1. The van der Waals surface area contributed by atoms with Crippen molar-refractivity contribution < 1.29 is 9.18 Å². The van der Waals surface area contributed by atoms with Crippen LogP contribution in [0.3, 0.4) is 0 Å². The van der Waals surface area contributed by atoms with Crippen molar-refractivity contribution >= 4 is 29.0 Å². The maximum Gasteiger partial charge on any atom is 0.228 e. The van der Waals surface area contributed by atoms with Crippen molar-refractivity contribution in [1.29, 1.82) is 0 Å². The summed E-state index contributed by atoms with van der Waals surface area (Å²) in [6.07, 6.45) is 4.00. The van der Waals surface area contributed by atoms with Gasteiger partial charge in [0.15, 0.2) is 5.82 Å². The minimum Gasteiger partial charge on any atom is -0.340 e. The fourth-order valence-electron chi connectivity index (χ4n) is 3.51. The van der Waals surface area contributed by atoms with Crippen molar-refractivity contribution in [2.75, 3.05) is 11.9 Å². The molecule has 0 bridgehead atoms. The van der Waals surface area contributed by atoms with Crippen LogP contribution < -0.4 is 5.32 Å². The highest BCUT2D eigenvalue weighted by Gasteiger charge is 2.32. The van der Waals surface area contributed by atoms with Crippen molar-refractivity contribution in [3.63, 3.8) is 0 Å². The van der Waals surface area contributed by atoms with E-state index >= 15 is 0 Å². The van der Waals surface area contributed by atoms with Crippen LogP contribution in [0.4, 0.5) is 15.9 Å². The molecular formula is C23H23ClFN5O. The number of nitrogens with zero attached hydrogens (tertiary/aromatic N) is 4. The van der Waals surface area contributed by atoms with Crippen molar-refractivity contribution in [1.82, 2.24) is 19.9 Å². The average molecular weight is 440 g/mol. The van der Waals surface area contributed by atoms with Crippen molar-refractivity contribution in [2.24, 2.45) is 5.41 Å². The van der Waals surface area contributed by atoms with Gasteiger partial charge in [-0.05, 0) is 30.3 Å². The molecule has 0 saturated carbocycles. The van der Waals surface area contributed by atoms with Crippen LogP contribution in [-0.4, -0.2) is 32.3 Å². The van der Waals surface area contributed by atoms with E-state index in [9.17, 15) is 9.18 Å². The van der Waals surface area contributed by atoms with Crippen LogP contribution >= 0.6 is 11.6 Å². The second kappa shape index (κ2) is 8.23. The van der Waals surface area contributed by atoms with Gasteiger partial charge < -0.3 is 10.2 Å². The Hall–Kier alpha value is -3.06. The summed E-state index contributed by atoms with van der Waals surface area (Å²) in [6.45, 7) is 6.73. The van der Waals surface area contributed by atoms with Gasteiger partial charge in [-0.3, -0.25) is 9.78 Å². The second-order valence-electron chi connectivity index (χ2n) is 8.54. The molecule has 1 aliphatic heterocycles. The third kappa shape index (κ3) is 4.51. The minimum atomic E-state index is -0.489. The maximum atomic E-state index is 13.6. The van der Waals surface area contributed by atoms with E-state index in [2.05, 4.69) is 10.3 Å². The molecular weight excluding hydrogens is 417 g/mol. The Kier molecular flexibility index (Phi) is 5.62. The largest absolute Gasteiger partial charge is 0.340 e. The summed E-state index contributed by atoms with van der Waals surface area (Å²) < 4.78 is 13.6. The Labute approximate surface area is 185 Å². The molecule has 1 N–H and O–H groups in total. The van der Waals surface area contributed by atoms with Crippen LogP contribution in [0.1, 0.15) is 32.0 Å². The molecule has 8 heteroatoms. The Morgan fingerprint density at radius 1 is 1.16 bits per heavy atom. The SMILES string of the molecule is CC(C)(C)C(=O)N1CCc2nc(-c3ccncc3)nc(Nc3ccc(F)c(Cl)c3)c2C1. The monoisotopic (exact) mass is 439 g/mol. The number of fused-ring (bicyclic) bond motifs is 1.